The van der Waals surface area contributed by atoms with Crippen LogP contribution in [0.4, 0.5) is 10.8 Å². The number of carbonyl (C=O) groups excluding carboxylic acids is 3. The Morgan fingerprint density at radius 3 is 2.76 bits per heavy atom. The lowest BCUT2D eigenvalue weighted by molar-refractivity contribution is -0.129. The van der Waals surface area contributed by atoms with Crippen LogP contribution in [0.3, 0.4) is 0 Å². The van der Waals surface area contributed by atoms with Crippen molar-refractivity contribution in [3.63, 3.8) is 0 Å². The first-order chi connectivity index (χ1) is 14.0. The molecule has 154 valence electrons. The SMILES string of the molecule is CSCC[C@H](NC(=O)[C@@H]1CC(=O)N(c2ccccc2)C1)C(=O)Nc1ncc(C)s1. The average molecular weight is 433 g/mol. The number of rotatable bonds is 8. The molecule has 7 nitrogen and oxygen atoms in total. The second kappa shape index (κ2) is 9.89. The molecule has 0 unspecified atom stereocenters. The van der Waals surface area contributed by atoms with Crippen molar-refractivity contribution in [2.75, 3.05) is 28.8 Å². The zero-order chi connectivity index (χ0) is 20.8. The van der Waals surface area contributed by atoms with Crippen molar-refractivity contribution < 1.29 is 14.4 Å². The van der Waals surface area contributed by atoms with Gasteiger partial charge in [-0.2, -0.15) is 11.8 Å². The number of hydrogen-bond acceptors (Lipinski definition) is 6. The second-order valence-electron chi connectivity index (χ2n) is 6.85. The van der Waals surface area contributed by atoms with Crippen LogP contribution in [0.25, 0.3) is 0 Å². The molecule has 2 aromatic rings. The maximum atomic E-state index is 12.8. The van der Waals surface area contributed by atoms with E-state index in [4.69, 9.17) is 0 Å². The minimum absolute atomic E-state index is 0.0836. The van der Waals surface area contributed by atoms with Crippen LogP contribution < -0.4 is 15.5 Å². The summed E-state index contributed by atoms with van der Waals surface area (Å²) in [7, 11) is 0. The molecule has 1 aliphatic heterocycles. The number of amides is 3. The fraction of sp³-hybridized carbons (Fsp3) is 0.400. The third-order valence-electron chi connectivity index (χ3n) is 4.66. The standard InChI is InChI=1S/C20H24N4O3S2/c1-13-11-21-20(29-13)23-19(27)16(8-9-28-2)22-18(26)14-10-17(25)24(12-14)15-6-4-3-5-7-15/h3-7,11,14,16H,8-10,12H2,1-2H3,(H,22,26)(H,21,23,27)/t14-,16+/m1/s1. The Morgan fingerprint density at radius 2 is 2.10 bits per heavy atom. The van der Waals surface area contributed by atoms with Crippen LogP contribution in [0.2, 0.25) is 0 Å². The Bertz CT molecular complexity index is 872. The normalized spacial score (nSPS) is 17.2. The van der Waals surface area contributed by atoms with Gasteiger partial charge in [0.1, 0.15) is 6.04 Å². The quantitative estimate of drug-likeness (QED) is 0.669. The summed E-state index contributed by atoms with van der Waals surface area (Å²) in [6, 6.07) is 8.64. The van der Waals surface area contributed by atoms with Crippen molar-refractivity contribution in [1.29, 1.82) is 0 Å². The van der Waals surface area contributed by atoms with Crippen molar-refractivity contribution in [1.82, 2.24) is 10.3 Å². The van der Waals surface area contributed by atoms with Gasteiger partial charge in [0, 0.05) is 29.7 Å². The van der Waals surface area contributed by atoms with Gasteiger partial charge in [-0.3, -0.25) is 14.4 Å². The molecular weight excluding hydrogens is 408 g/mol. The topological polar surface area (TPSA) is 91.4 Å². The number of thioether (sulfide) groups is 1. The van der Waals surface area contributed by atoms with Gasteiger partial charge in [0.15, 0.2) is 5.13 Å². The largest absolute Gasteiger partial charge is 0.344 e. The summed E-state index contributed by atoms with van der Waals surface area (Å²) in [4.78, 5) is 44.6. The minimum Gasteiger partial charge on any atom is -0.344 e. The zero-order valence-corrected chi connectivity index (χ0v) is 18.0. The van der Waals surface area contributed by atoms with Crippen molar-refractivity contribution in [3.05, 3.63) is 41.4 Å². The summed E-state index contributed by atoms with van der Waals surface area (Å²) in [6.45, 7) is 2.23. The van der Waals surface area contributed by atoms with E-state index >= 15 is 0 Å². The average Bonchev–Trinajstić information content (AvgIpc) is 3.30. The van der Waals surface area contributed by atoms with E-state index in [9.17, 15) is 14.4 Å². The summed E-state index contributed by atoms with van der Waals surface area (Å²) >= 11 is 3.00. The highest BCUT2D eigenvalue weighted by molar-refractivity contribution is 7.98. The number of anilines is 2. The third-order valence-corrected chi connectivity index (χ3v) is 6.13. The maximum Gasteiger partial charge on any atom is 0.248 e. The molecule has 2 heterocycles. The van der Waals surface area contributed by atoms with Gasteiger partial charge in [0.2, 0.25) is 17.7 Å². The highest BCUT2D eigenvalue weighted by atomic mass is 32.2. The van der Waals surface area contributed by atoms with Crippen molar-refractivity contribution in [3.8, 4) is 0 Å². The molecule has 0 radical (unpaired) electrons. The lowest BCUT2D eigenvalue weighted by atomic mass is 10.1. The van der Waals surface area contributed by atoms with E-state index in [0.29, 0.717) is 18.1 Å². The van der Waals surface area contributed by atoms with Gasteiger partial charge in [-0.1, -0.05) is 18.2 Å². The minimum atomic E-state index is -0.667. The molecule has 9 heteroatoms. The molecule has 1 saturated heterocycles. The van der Waals surface area contributed by atoms with Crippen LogP contribution in [-0.4, -0.2) is 47.3 Å². The van der Waals surface area contributed by atoms with Crippen LogP contribution in [0.15, 0.2) is 36.5 Å². The molecule has 1 fully saturated rings. The van der Waals surface area contributed by atoms with Gasteiger partial charge in [0.05, 0.1) is 5.92 Å². The fourth-order valence-electron chi connectivity index (χ4n) is 3.14. The van der Waals surface area contributed by atoms with Crippen LogP contribution >= 0.6 is 23.1 Å². The summed E-state index contributed by atoms with van der Waals surface area (Å²) in [6.07, 6.45) is 4.29. The zero-order valence-electron chi connectivity index (χ0n) is 16.4. The first kappa shape index (κ1) is 21.3. The lowest BCUT2D eigenvalue weighted by Gasteiger charge is -2.20. The Hall–Kier alpha value is -2.39. The van der Waals surface area contributed by atoms with Gasteiger partial charge in [-0.25, -0.2) is 4.98 Å². The number of aryl methyl sites for hydroxylation is 1. The van der Waals surface area contributed by atoms with Gasteiger partial charge in [0.25, 0.3) is 0 Å². The van der Waals surface area contributed by atoms with Crippen molar-refractivity contribution >= 4 is 51.6 Å². The van der Waals surface area contributed by atoms with E-state index < -0.39 is 12.0 Å². The lowest BCUT2D eigenvalue weighted by Crippen LogP contribution is -2.46. The van der Waals surface area contributed by atoms with E-state index in [1.54, 1.807) is 22.9 Å². The first-order valence-electron chi connectivity index (χ1n) is 9.36. The molecule has 2 atom stereocenters. The van der Waals surface area contributed by atoms with Crippen molar-refractivity contribution in [2.24, 2.45) is 5.92 Å². The molecule has 3 rings (SSSR count). The number of nitrogens with zero attached hydrogens (tertiary/aromatic N) is 2. The number of aromatic nitrogens is 1. The van der Waals surface area contributed by atoms with Gasteiger partial charge >= 0.3 is 0 Å². The summed E-state index contributed by atoms with van der Waals surface area (Å²) in [5, 5.41) is 6.14. The highest BCUT2D eigenvalue weighted by Gasteiger charge is 2.36. The first-order valence-corrected chi connectivity index (χ1v) is 11.6. The van der Waals surface area contributed by atoms with Gasteiger partial charge in [-0.15, -0.1) is 11.3 Å². The number of nitrogens with one attached hydrogen (secondary N) is 2. The second-order valence-corrected chi connectivity index (χ2v) is 9.07. The van der Waals surface area contributed by atoms with E-state index in [-0.39, 0.29) is 24.1 Å². The molecule has 29 heavy (non-hydrogen) atoms. The number of thiazole rings is 1. The molecule has 0 aliphatic carbocycles. The van der Waals surface area contributed by atoms with E-state index in [2.05, 4.69) is 15.6 Å². The van der Waals surface area contributed by atoms with E-state index in [1.807, 2.05) is 43.5 Å². The Kier molecular flexibility index (Phi) is 7.27. The number of hydrogen-bond donors (Lipinski definition) is 2. The highest BCUT2D eigenvalue weighted by Crippen LogP contribution is 2.25. The molecule has 0 bridgehead atoms. The molecule has 1 aliphatic rings. The van der Waals surface area contributed by atoms with Crippen LogP contribution in [0.5, 0.6) is 0 Å². The van der Waals surface area contributed by atoms with Crippen LogP contribution in [0.1, 0.15) is 17.7 Å². The molecule has 3 amide bonds. The number of benzene rings is 1. The fourth-order valence-corrected chi connectivity index (χ4v) is 4.28. The maximum absolute atomic E-state index is 12.8. The molecule has 0 spiro atoms. The molecule has 1 aromatic carbocycles. The number of carbonyl (C=O) groups is 3. The van der Waals surface area contributed by atoms with Crippen LogP contribution in [-0.2, 0) is 14.4 Å². The van der Waals surface area contributed by atoms with Gasteiger partial charge in [-0.05, 0) is 37.5 Å². The van der Waals surface area contributed by atoms with Gasteiger partial charge < -0.3 is 15.5 Å². The summed E-state index contributed by atoms with van der Waals surface area (Å²) in [5.41, 5.74) is 0.781. The predicted molar refractivity (Wildman–Crippen MR) is 117 cm³/mol. The molecule has 1 aromatic heterocycles. The Labute approximate surface area is 178 Å². The monoisotopic (exact) mass is 432 g/mol. The summed E-state index contributed by atoms with van der Waals surface area (Å²) < 4.78 is 0. The number of para-hydroxylation sites is 1. The molecule has 0 saturated carbocycles. The van der Waals surface area contributed by atoms with E-state index in [1.165, 1.54) is 11.3 Å². The Morgan fingerprint density at radius 1 is 1.34 bits per heavy atom. The third kappa shape index (κ3) is 5.57. The molecule has 2 N–H and O–H groups in total. The van der Waals surface area contributed by atoms with E-state index in [0.717, 1.165) is 16.3 Å². The smallest absolute Gasteiger partial charge is 0.248 e. The summed E-state index contributed by atoms with van der Waals surface area (Å²) in [5.74, 6) is -0.386. The van der Waals surface area contributed by atoms with Crippen molar-refractivity contribution in [2.45, 2.75) is 25.8 Å². The van der Waals surface area contributed by atoms with Crippen LogP contribution in [0, 0.1) is 12.8 Å². The Balaban J connectivity index is 1.63. The predicted octanol–water partition coefficient (Wildman–Crippen LogP) is 2.68. The molecular formula is C20H24N4O3S2.